The summed E-state index contributed by atoms with van der Waals surface area (Å²) in [7, 11) is 0. The van der Waals surface area contributed by atoms with Gasteiger partial charge in [-0.05, 0) is 50.1 Å². The number of rotatable bonds is 8. The summed E-state index contributed by atoms with van der Waals surface area (Å²) in [6, 6.07) is 10.6. The van der Waals surface area contributed by atoms with Gasteiger partial charge in [0.05, 0.1) is 6.54 Å². The quantitative estimate of drug-likeness (QED) is 0.735. The number of carbonyl (C=O) groups is 2. The number of amides is 1. The van der Waals surface area contributed by atoms with Gasteiger partial charge in [0.25, 0.3) is 0 Å². The molecule has 2 N–H and O–H groups in total. The summed E-state index contributed by atoms with van der Waals surface area (Å²) in [5.41, 5.74) is 1.43. The molecule has 1 amide bonds. The highest BCUT2D eigenvalue weighted by Crippen LogP contribution is 2.40. The second-order valence-corrected chi connectivity index (χ2v) is 8.31. The van der Waals surface area contributed by atoms with E-state index < -0.39 is 5.97 Å². The largest absolute Gasteiger partial charge is 0.481 e. The van der Waals surface area contributed by atoms with E-state index in [2.05, 4.69) is 34.5 Å². The minimum absolute atomic E-state index is 0.0862. The van der Waals surface area contributed by atoms with E-state index in [-0.39, 0.29) is 17.7 Å². The van der Waals surface area contributed by atoms with E-state index >= 15 is 0 Å². The average molecular weight is 373 g/mol. The summed E-state index contributed by atoms with van der Waals surface area (Å²) in [5, 5.41) is 12.1. The maximum Gasteiger partial charge on any atom is 0.303 e. The predicted molar refractivity (Wildman–Crippen MR) is 106 cm³/mol. The predicted octanol–water partition coefficient (Wildman–Crippen LogP) is 3.19. The number of hydrogen-bond donors (Lipinski definition) is 2. The number of nitrogens with zero attached hydrogens (tertiary/aromatic N) is 1. The number of carboxylic acid groups (broad SMARTS) is 1. The molecule has 2 fully saturated rings. The Balaban J connectivity index is 1.49. The molecule has 1 aromatic rings. The van der Waals surface area contributed by atoms with Crippen LogP contribution in [0.4, 0.5) is 0 Å². The lowest BCUT2D eigenvalue weighted by molar-refractivity contribution is -0.137. The highest BCUT2D eigenvalue weighted by Gasteiger charge is 2.35. The lowest BCUT2D eigenvalue weighted by Crippen LogP contribution is -2.46. The van der Waals surface area contributed by atoms with Crippen LogP contribution >= 0.6 is 0 Å². The molecule has 0 aromatic heterocycles. The first-order chi connectivity index (χ1) is 13.1. The van der Waals surface area contributed by atoms with Crippen molar-refractivity contribution in [2.45, 2.75) is 56.8 Å². The molecule has 0 spiro atoms. The van der Waals surface area contributed by atoms with E-state index in [1.165, 1.54) is 18.4 Å². The molecule has 148 valence electrons. The Morgan fingerprint density at radius 1 is 1.15 bits per heavy atom. The fraction of sp³-hybridized carbons (Fsp3) is 0.636. The normalized spacial score (nSPS) is 22.4. The Morgan fingerprint density at radius 2 is 1.89 bits per heavy atom. The summed E-state index contributed by atoms with van der Waals surface area (Å²) in [6.45, 7) is 2.91. The van der Waals surface area contributed by atoms with E-state index in [9.17, 15) is 9.59 Å². The summed E-state index contributed by atoms with van der Waals surface area (Å²) in [6.07, 6.45) is 7.78. The van der Waals surface area contributed by atoms with Gasteiger partial charge in [-0.15, -0.1) is 0 Å². The molecule has 1 unspecified atom stereocenters. The van der Waals surface area contributed by atoms with Gasteiger partial charge < -0.3 is 10.4 Å². The Kier molecular flexibility index (Phi) is 6.89. The van der Waals surface area contributed by atoms with Gasteiger partial charge in [-0.25, -0.2) is 0 Å². The van der Waals surface area contributed by atoms with Crippen LogP contribution in [0.5, 0.6) is 0 Å². The van der Waals surface area contributed by atoms with Crippen molar-refractivity contribution in [1.82, 2.24) is 10.2 Å². The van der Waals surface area contributed by atoms with Crippen molar-refractivity contribution < 1.29 is 14.7 Å². The van der Waals surface area contributed by atoms with E-state index in [0.29, 0.717) is 25.4 Å². The summed E-state index contributed by atoms with van der Waals surface area (Å²) in [5.74, 6) is -0.239. The van der Waals surface area contributed by atoms with E-state index in [4.69, 9.17) is 5.11 Å². The lowest BCUT2D eigenvalue weighted by atomic mass is 9.79. The van der Waals surface area contributed by atoms with Crippen molar-refractivity contribution in [1.29, 1.82) is 0 Å². The van der Waals surface area contributed by atoms with Gasteiger partial charge in [-0.3, -0.25) is 14.5 Å². The number of carboxylic acids is 1. The Morgan fingerprint density at radius 3 is 2.59 bits per heavy atom. The van der Waals surface area contributed by atoms with Gasteiger partial charge in [0.1, 0.15) is 0 Å². The number of benzene rings is 1. The summed E-state index contributed by atoms with van der Waals surface area (Å²) < 4.78 is 0. The highest BCUT2D eigenvalue weighted by atomic mass is 16.4. The van der Waals surface area contributed by atoms with Crippen molar-refractivity contribution in [3.05, 3.63) is 35.9 Å². The molecule has 1 aliphatic carbocycles. The standard InChI is InChI=1S/C22H32N2O3/c25-20(16-24-14-6-7-18(15-24)10-11-21(26)27)23-17-22(12-4-5-13-22)19-8-2-1-3-9-19/h1-3,8-9,18H,4-7,10-17H2,(H,23,25)(H,26,27). The van der Waals surface area contributed by atoms with Gasteiger partial charge >= 0.3 is 5.97 Å². The molecular weight excluding hydrogens is 340 g/mol. The number of carbonyl (C=O) groups excluding carboxylic acids is 1. The number of piperidine rings is 1. The van der Waals surface area contributed by atoms with E-state index in [0.717, 1.165) is 38.8 Å². The second kappa shape index (κ2) is 9.36. The van der Waals surface area contributed by atoms with Gasteiger partial charge in [-0.2, -0.15) is 0 Å². The topological polar surface area (TPSA) is 69.6 Å². The maximum atomic E-state index is 12.6. The lowest BCUT2D eigenvalue weighted by Gasteiger charge is -2.33. The molecule has 0 radical (unpaired) electrons. The molecule has 5 heteroatoms. The first-order valence-electron chi connectivity index (χ1n) is 10.3. The minimum Gasteiger partial charge on any atom is -0.481 e. The third-order valence-corrected chi connectivity index (χ3v) is 6.31. The molecular formula is C22H32N2O3. The number of likely N-dealkylation sites (tertiary alicyclic amines) is 1. The molecule has 2 aliphatic rings. The van der Waals surface area contributed by atoms with Crippen LogP contribution in [0.15, 0.2) is 30.3 Å². The van der Waals surface area contributed by atoms with Crippen molar-refractivity contribution in [3.8, 4) is 0 Å². The molecule has 1 heterocycles. The van der Waals surface area contributed by atoms with Crippen LogP contribution in [-0.4, -0.2) is 48.1 Å². The van der Waals surface area contributed by atoms with Crippen LogP contribution < -0.4 is 5.32 Å². The third kappa shape index (κ3) is 5.55. The second-order valence-electron chi connectivity index (χ2n) is 8.31. The van der Waals surface area contributed by atoms with Crippen LogP contribution in [0.2, 0.25) is 0 Å². The smallest absolute Gasteiger partial charge is 0.303 e. The van der Waals surface area contributed by atoms with Crippen molar-refractivity contribution in [2.24, 2.45) is 5.92 Å². The Bertz CT molecular complexity index is 626. The Hall–Kier alpha value is -1.88. The molecule has 0 bridgehead atoms. The van der Waals surface area contributed by atoms with Crippen molar-refractivity contribution in [2.75, 3.05) is 26.2 Å². The number of nitrogens with one attached hydrogen (secondary N) is 1. The third-order valence-electron chi connectivity index (χ3n) is 6.31. The zero-order valence-corrected chi connectivity index (χ0v) is 16.2. The van der Waals surface area contributed by atoms with Gasteiger partial charge in [-0.1, -0.05) is 43.2 Å². The first-order valence-corrected chi connectivity index (χ1v) is 10.3. The zero-order valence-electron chi connectivity index (χ0n) is 16.2. The van der Waals surface area contributed by atoms with Crippen molar-refractivity contribution >= 4 is 11.9 Å². The van der Waals surface area contributed by atoms with Gasteiger partial charge in [0.15, 0.2) is 0 Å². The van der Waals surface area contributed by atoms with Crippen LogP contribution in [0.1, 0.15) is 56.9 Å². The minimum atomic E-state index is -0.729. The van der Waals surface area contributed by atoms with Crippen LogP contribution in [0, 0.1) is 5.92 Å². The number of hydrogen-bond acceptors (Lipinski definition) is 3. The summed E-state index contributed by atoms with van der Waals surface area (Å²) in [4.78, 5) is 25.5. The monoisotopic (exact) mass is 372 g/mol. The maximum absolute atomic E-state index is 12.6. The molecule has 3 rings (SSSR count). The van der Waals surface area contributed by atoms with E-state index in [1.807, 2.05) is 6.07 Å². The van der Waals surface area contributed by atoms with Crippen LogP contribution in [-0.2, 0) is 15.0 Å². The average Bonchev–Trinajstić information content (AvgIpc) is 3.16. The highest BCUT2D eigenvalue weighted by molar-refractivity contribution is 5.78. The van der Waals surface area contributed by atoms with Crippen LogP contribution in [0.3, 0.4) is 0 Å². The van der Waals surface area contributed by atoms with Gasteiger partial charge in [0.2, 0.25) is 5.91 Å². The molecule has 1 aromatic carbocycles. The molecule has 1 aliphatic heterocycles. The molecule has 1 atom stereocenters. The first kappa shape index (κ1) is 19.9. The zero-order chi connectivity index (χ0) is 19.1. The van der Waals surface area contributed by atoms with E-state index in [1.54, 1.807) is 0 Å². The van der Waals surface area contributed by atoms with Crippen molar-refractivity contribution in [3.63, 3.8) is 0 Å². The fourth-order valence-corrected chi connectivity index (χ4v) is 4.80. The van der Waals surface area contributed by atoms with Gasteiger partial charge in [0, 0.05) is 24.9 Å². The molecule has 27 heavy (non-hydrogen) atoms. The molecule has 5 nitrogen and oxygen atoms in total. The molecule has 1 saturated heterocycles. The summed E-state index contributed by atoms with van der Waals surface area (Å²) >= 11 is 0. The fourth-order valence-electron chi connectivity index (χ4n) is 4.80. The van der Waals surface area contributed by atoms with Crippen LogP contribution in [0.25, 0.3) is 0 Å². The molecule has 1 saturated carbocycles. The SMILES string of the molecule is O=C(O)CCC1CCCN(CC(=O)NCC2(c3ccccc3)CCCC2)C1. The number of aliphatic carboxylic acids is 1. The Labute approximate surface area is 162 Å².